The van der Waals surface area contributed by atoms with Gasteiger partial charge in [0.25, 0.3) is 5.91 Å². The summed E-state index contributed by atoms with van der Waals surface area (Å²) in [6.45, 7) is 9.29. The van der Waals surface area contributed by atoms with Gasteiger partial charge in [0.15, 0.2) is 0 Å². The molecule has 1 aliphatic heterocycles. The molecule has 0 unspecified atom stereocenters. The molecular formula is C19H26N4O3. The van der Waals surface area contributed by atoms with Crippen LogP contribution >= 0.6 is 0 Å². The van der Waals surface area contributed by atoms with Gasteiger partial charge in [-0.05, 0) is 51.8 Å². The molecule has 0 spiro atoms. The highest BCUT2D eigenvalue weighted by atomic mass is 16.2. The van der Waals surface area contributed by atoms with Gasteiger partial charge in [-0.15, -0.1) is 0 Å². The van der Waals surface area contributed by atoms with E-state index in [9.17, 15) is 14.4 Å². The molecule has 0 aliphatic carbocycles. The number of hydrogen-bond donors (Lipinski definition) is 2. The summed E-state index contributed by atoms with van der Waals surface area (Å²) in [4.78, 5) is 36.5. The number of nitrogens with one attached hydrogen (secondary N) is 2. The van der Waals surface area contributed by atoms with Crippen molar-refractivity contribution < 1.29 is 14.4 Å². The van der Waals surface area contributed by atoms with Crippen LogP contribution < -0.4 is 15.6 Å². The van der Waals surface area contributed by atoms with Crippen LogP contribution in [0.1, 0.15) is 44.7 Å². The lowest BCUT2D eigenvalue weighted by Gasteiger charge is -2.25. The second-order valence-electron chi connectivity index (χ2n) is 7.52. The van der Waals surface area contributed by atoms with Gasteiger partial charge >= 0.3 is 0 Å². The quantitative estimate of drug-likeness (QED) is 0.860. The monoisotopic (exact) mass is 358 g/mol. The van der Waals surface area contributed by atoms with Crippen molar-refractivity contribution in [3.8, 4) is 0 Å². The van der Waals surface area contributed by atoms with E-state index < -0.39 is 5.91 Å². The first kappa shape index (κ1) is 19.6. The van der Waals surface area contributed by atoms with Gasteiger partial charge in [0, 0.05) is 18.4 Å². The van der Waals surface area contributed by atoms with Crippen LogP contribution in [0.3, 0.4) is 0 Å². The van der Waals surface area contributed by atoms with E-state index in [1.807, 2.05) is 52.8 Å². The lowest BCUT2D eigenvalue weighted by atomic mass is 10.1. The fourth-order valence-corrected chi connectivity index (χ4v) is 2.58. The van der Waals surface area contributed by atoms with Crippen molar-refractivity contribution in [1.29, 1.82) is 0 Å². The van der Waals surface area contributed by atoms with E-state index in [4.69, 9.17) is 0 Å². The lowest BCUT2D eigenvalue weighted by Crippen LogP contribution is -2.47. The lowest BCUT2D eigenvalue weighted by molar-refractivity contribution is -0.124. The number of carbonyl (C=O) groups excluding carboxylic acids is 3. The molecule has 2 rings (SSSR count). The molecule has 140 valence electrons. The number of aryl methyl sites for hydroxylation is 2. The summed E-state index contributed by atoms with van der Waals surface area (Å²) in [7, 11) is 0. The fraction of sp³-hybridized carbons (Fsp3) is 0.474. The van der Waals surface area contributed by atoms with Gasteiger partial charge < -0.3 is 10.6 Å². The minimum Gasteiger partial charge on any atom is -0.350 e. The number of anilines is 1. The molecule has 0 fully saturated rings. The van der Waals surface area contributed by atoms with Crippen LogP contribution in [-0.2, 0) is 14.4 Å². The molecule has 2 N–H and O–H groups in total. The highest BCUT2D eigenvalue weighted by molar-refractivity contribution is 6.40. The second kappa shape index (κ2) is 7.68. The highest BCUT2D eigenvalue weighted by Gasteiger charge is 2.27. The Labute approximate surface area is 153 Å². The van der Waals surface area contributed by atoms with Crippen LogP contribution in [-0.4, -0.2) is 35.5 Å². The van der Waals surface area contributed by atoms with Gasteiger partial charge in [-0.3, -0.25) is 14.4 Å². The first-order valence-corrected chi connectivity index (χ1v) is 8.64. The van der Waals surface area contributed by atoms with Crippen molar-refractivity contribution in [2.75, 3.05) is 11.6 Å². The molecule has 0 bridgehead atoms. The van der Waals surface area contributed by atoms with Crippen molar-refractivity contribution in [3.63, 3.8) is 0 Å². The Kier molecular flexibility index (Phi) is 5.79. The van der Waals surface area contributed by atoms with Gasteiger partial charge in [0.1, 0.15) is 5.71 Å². The zero-order chi connectivity index (χ0) is 19.5. The van der Waals surface area contributed by atoms with Crippen molar-refractivity contribution in [1.82, 2.24) is 10.6 Å². The molecule has 26 heavy (non-hydrogen) atoms. The normalized spacial score (nSPS) is 14.7. The standard InChI is InChI=1S/C19H26N4O3/c1-12-6-7-13(2)15(10-12)23-17(25)9-8-14(22-23)18(26)20-11-16(24)21-19(3,4)5/h6-7,10H,8-9,11H2,1-5H3,(H,20,26)(H,21,24). The SMILES string of the molecule is Cc1ccc(C)c(N2N=C(C(=O)NCC(=O)NC(C)(C)C)CCC2=O)c1. The molecule has 1 heterocycles. The Balaban J connectivity index is 2.11. The fourth-order valence-electron chi connectivity index (χ4n) is 2.58. The van der Waals surface area contributed by atoms with Crippen LogP contribution in [0.4, 0.5) is 5.69 Å². The van der Waals surface area contributed by atoms with E-state index in [-0.39, 0.29) is 42.5 Å². The third-order valence-electron chi connectivity index (χ3n) is 3.81. The van der Waals surface area contributed by atoms with Crippen molar-refractivity contribution in [2.45, 2.75) is 53.0 Å². The van der Waals surface area contributed by atoms with E-state index in [1.54, 1.807) is 0 Å². The Bertz CT molecular complexity index is 763. The Morgan fingerprint density at radius 2 is 1.88 bits per heavy atom. The van der Waals surface area contributed by atoms with E-state index in [1.165, 1.54) is 5.01 Å². The number of nitrogens with zero attached hydrogens (tertiary/aromatic N) is 2. The van der Waals surface area contributed by atoms with E-state index in [2.05, 4.69) is 15.7 Å². The minimum atomic E-state index is -0.433. The first-order chi connectivity index (χ1) is 12.1. The summed E-state index contributed by atoms with van der Waals surface area (Å²) in [5, 5.41) is 10.9. The maximum atomic E-state index is 12.3. The molecule has 0 saturated heterocycles. The van der Waals surface area contributed by atoms with Crippen molar-refractivity contribution >= 4 is 29.1 Å². The number of hydrogen-bond acceptors (Lipinski definition) is 4. The maximum Gasteiger partial charge on any atom is 0.267 e. The van der Waals surface area contributed by atoms with Crippen LogP contribution in [0.5, 0.6) is 0 Å². The van der Waals surface area contributed by atoms with Gasteiger partial charge in [-0.2, -0.15) is 5.10 Å². The Morgan fingerprint density at radius 1 is 1.19 bits per heavy atom. The van der Waals surface area contributed by atoms with Crippen molar-refractivity contribution in [3.05, 3.63) is 29.3 Å². The molecule has 0 aromatic heterocycles. The summed E-state index contributed by atoms with van der Waals surface area (Å²) in [5.74, 6) is -0.859. The van der Waals surface area contributed by atoms with E-state index in [0.29, 0.717) is 5.69 Å². The number of hydrazone groups is 1. The van der Waals surface area contributed by atoms with E-state index in [0.717, 1.165) is 11.1 Å². The number of benzene rings is 1. The van der Waals surface area contributed by atoms with Crippen LogP contribution in [0.15, 0.2) is 23.3 Å². The molecule has 7 heteroatoms. The molecule has 1 aromatic rings. The van der Waals surface area contributed by atoms with Gasteiger partial charge in [-0.1, -0.05) is 12.1 Å². The third kappa shape index (κ3) is 5.15. The van der Waals surface area contributed by atoms with E-state index >= 15 is 0 Å². The molecular weight excluding hydrogens is 332 g/mol. The molecule has 0 atom stereocenters. The summed E-state index contributed by atoms with van der Waals surface area (Å²) in [6, 6.07) is 5.74. The highest BCUT2D eigenvalue weighted by Crippen LogP contribution is 2.25. The molecule has 0 saturated carbocycles. The summed E-state index contributed by atoms with van der Waals surface area (Å²) in [5.41, 5.74) is 2.46. The zero-order valence-corrected chi connectivity index (χ0v) is 16.0. The smallest absolute Gasteiger partial charge is 0.267 e. The Morgan fingerprint density at radius 3 is 2.54 bits per heavy atom. The zero-order valence-electron chi connectivity index (χ0n) is 16.0. The average Bonchev–Trinajstić information content (AvgIpc) is 2.54. The van der Waals surface area contributed by atoms with Crippen LogP contribution in [0.2, 0.25) is 0 Å². The predicted octanol–water partition coefficient (Wildman–Crippen LogP) is 1.82. The number of carbonyl (C=O) groups is 3. The molecule has 1 aliphatic rings. The third-order valence-corrected chi connectivity index (χ3v) is 3.81. The van der Waals surface area contributed by atoms with Crippen LogP contribution in [0, 0.1) is 13.8 Å². The predicted molar refractivity (Wildman–Crippen MR) is 101 cm³/mol. The molecule has 7 nitrogen and oxygen atoms in total. The number of amides is 3. The molecule has 0 radical (unpaired) electrons. The maximum absolute atomic E-state index is 12.3. The minimum absolute atomic E-state index is 0.132. The largest absolute Gasteiger partial charge is 0.350 e. The summed E-state index contributed by atoms with van der Waals surface area (Å²) < 4.78 is 0. The summed E-state index contributed by atoms with van der Waals surface area (Å²) in [6.07, 6.45) is 0.459. The van der Waals surface area contributed by atoms with Crippen molar-refractivity contribution in [2.24, 2.45) is 5.10 Å². The van der Waals surface area contributed by atoms with Gasteiger partial charge in [-0.25, -0.2) is 5.01 Å². The van der Waals surface area contributed by atoms with Gasteiger partial charge in [0.2, 0.25) is 11.8 Å². The first-order valence-electron chi connectivity index (χ1n) is 8.64. The van der Waals surface area contributed by atoms with Crippen LogP contribution in [0.25, 0.3) is 0 Å². The van der Waals surface area contributed by atoms with Gasteiger partial charge in [0.05, 0.1) is 12.2 Å². The Hall–Kier alpha value is -2.70. The molecule has 3 amide bonds. The summed E-state index contributed by atoms with van der Waals surface area (Å²) >= 11 is 0. The number of rotatable bonds is 4. The molecule has 1 aromatic carbocycles. The average molecular weight is 358 g/mol. The second-order valence-corrected chi connectivity index (χ2v) is 7.52. The topological polar surface area (TPSA) is 90.9 Å².